The molecule has 0 aliphatic rings. The third kappa shape index (κ3) is 5.29. The van der Waals surface area contributed by atoms with Crippen molar-refractivity contribution in [1.29, 1.82) is 0 Å². The first-order valence-corrected chi connectivity index (χ1v) is 18.8. The lowest BCUT2D eigenvalue weighted by molar-refractivity contribution is 0.669. The molecule has 0 saturated carbocycles. The van der Waals surface area contributed by atoms with E-state index in [1.165, 1.54) is 16.3 Å². The molecular formula is C51H32N4O. The molecule has 0 spiro atoms. The van der Waals surface area contributed by atoms with E-state index in [1.54, 1.807) is 0 Å². The van der Waals surface area contributed by atoms with E-state index in [0.717, 1.165) is 72.0 Å². The van der Waals surface area contributed by atoms with E-state index in [-0.39, 0.29) is 0 Å². The summed E-state index contributed by atoms with van der Waals surface area (Å²) in [6.45, 7) is 0. The van der Waals surface area contributed by atoms with Crippen LogP contribution in [-0.2, 0) is 0 Å². The molecule has 3 heterocycles. The molecule has 0 fully saturated rings. The summed E-state index contributed by atoms with van der Waals surface area (Å²) in [5.41, 5.74) is 12.0. The Morgan fingerprint density at radius 1 is 0.339 bits per heavy atom. The molecule has 5 nitrogen and oxygen atoms in total. The number of fused-ring (bicyclic) bond motifs is 6. The van der Waals surface area contributed by atoms with Gasteiger partial charge in [0.1, 0.15) is 11.2 Å². The van der Waals surface area contributed by atoms with Crippen molar-refractivity contribution in [2.75, 3.05) is 0 Å². The van der Waals surface area contributed by atoms with E-state index in [0.29, 0.717) is 17.5 Å². The van der Waals surface area contributed by atoms with Gasteiger partial charge >= 0.3 is 0 Å². The molecule has 5 heteroatoms. The van der Waals surface area contributed by atoms with Gasteiger partial charge < -0.3 is 8.98 Å². The molecule has 0 unspecified atom stereocenters. The van der Waals surface area contributed by atoms with Gasteiger partial charge in [-0.1, -0.05) is 164 Å². The summed E-state index contributed by atoms with van der Waals surface area (Å²) < 4.78 is 9.29. The van der Waals surface area contributed by atoms with Crippen LogP contribution in [0.25, 0.3) is 106 Å². The van der Waals surface area contributed by atoms with E-state index in [9.17, 15) is 0 Å². The summed E-state index contributed by atoms with van der Waals surface area (Å²) in [6.07, 6.45) is 0. The molecule has 0 bridgehead atoms. The van der Waals surface area contributed by atoms with Crippen LogP contribution in [0, 0.1) is 0 Å². The predicted molar refractivity (Wildman–Crippen MR) is 229 cm³/mol. The maximum Gasteiger partial charge on any atom is 0.164 e. The highest BCUT2D eigenvalue weighted by molar-refractivity contribution is 6.18. The minimum atomic E-state index is 0.581. The Bertz CT molecular complexity index is 3170. The molecule has 262 valence electrons. The lowest BCUT2D eigenvalue weighted by Gasteiger charge is -2.14. The van der Waals surface area contributed by atoms with Gasteiger partial charge in [-0.3, -0.25) is 0 Å². The second-order valence-electron chi connectivity index (χ2n) is 14.0. The molecule has 0 saturated heterocycles. The Balaban J connectivity index is 1.26. The lowest BCUT2D eigenvalue weighted by atomic mass is 9.99. The zero-order valence-electron chi connectivity index (χ0n) is 30.2. The minimum absolute atomic E-state index is 0.581. The molecule has 8 aromatic carbocycles. The Morgan fingerprint density at radius 3 is 1.55 bits per heavy atom. The molecule has 0 radical (unpaired) electrons. The van der Waals surface area contributed by atoms with Crippen molar-refractivity contribution in [1.82, 2.24) is 19.5 Å². The number of hydrogen-bond acceptors (Lipinski definition) is 4. The molecule has 0 aliphatic heterocycles. The van der Waals surface area contributed by atoms with Crippen LogP contribution in [0.1, 0.15) is 0 Å². The molecular weight excluding hydrogens is 685 g/mol. The molecule has 11 aromatic rings. The highest BCUT2D eigenvalue weighted by Gasteiger charge is 2.23. The van der Waals surface area contributed by atoms with E-state index >= 15 is 0 Å². The van der Waals surface area contributed by atoms with E-state index in [4.69, 9.17) is 19.4 Å². The zero-order valence-corrected chi connectivity index (χ0v) is 30.2. The van der Waals surface area contributed by atoms with Gasteiger partial charge in [0.2, 0.25) is 0 Å². The first-order chi connectivity index (χ1) is 27.8. The normalized spacial score (nSPS) is 11.6. The Labute approximate surface area is 322 Å². The number of para-hydroxylation sites is 1. The summed E-state index contributed by atoms with van der Waals surface area (Å²) in [4.78, 5) is 15.3. The van der Waals surface area contributed by atoms with Gasteiger partial charge in [0.25, 0.3) is 0 Å². The van der Waals surface area contributed by atoms with E-state index in [1.807, 2.05) is 72.8 Å². The van der Waals surface area contributed by atoms with Crippen molar-refractivity contribution in [2.24, 2.45) is 0 Å². The standard InChI is InChI=1S/C51H32N4O/c1-5-16-33(17-6-1)37-28-29-40-39-24-13-14-26-42(39)55(43(40)30-37)44-31-38(34-18-7-2-8-19-34)32-46-48(44)47-41(25-15-27-45(47)56-46)51-53-49(35-20-9-3-10-21-35)52-50(54-51)36-22-11-4-12-23-36/h1-32H. The topological polar surface area (TPSA) is 56.7 Å². The summed E-state index contributed by atoms with van der Waals surface area (Å²) in [7, 11) is 0. The Morgan fingerprint density at radius 2 is 0.893 bits per heavy atom. The van der Waals surface area contributed by atoms with E-state index in [2.05, 4.69) is 126 Å². The quantitative estimate of drug-likeness (QED) is 0.172. The van der Waals surface area contributed by atoms with Crippen molar-refractivity contribution in [2.45, 2.75) is 0 Å². The van der Waals surface area contributed by atoms with Crippen molar-refractivity contribution in [3.63, 3.8) is 0 Å². The van der Waals surface area contributed by atoms with Crippen LogP contribution in [0.5, 0.6) is 0 Å². The van der Waals surface area contributed by atoms with Crippen LogP contribution >= 0.6 is 0 Å². The van der Waals surface area contributed by atoms with Gasteiger partial charge in [0, 0.05) is 32.8 Å². The summed E-state index contributed by atoms with van der Waals surface area (Å²) in [5.74, 6) is 1.81. The van der Waals surface area contributed by atoms with Crippen LogP contribution in [-0.4, -0.2) is 19.5 Å². The monoisotopic (exact) mass is 716 g/mol. The fourth-order valence-electron chi connectivity index (χ4n) is 8.05. The first kappa shape index (κ1) is 31.9. The number of benzene rings is 8. The average Bonchev–Trinajstić information content (AvgIpc) is 3.83. The number of furan rings is 1. The molecule has 11 rings (SSSR count). The van der Waals surface area contributed by atoms with Gasteiger partial charge in [-0.25, -0.2) is 15.0 Å². The van der Waals surface area contributed by atoms with E-state index < -0.39 is 0 Å². The van der Waals surface area contributed by atoms with Crippen molar-refractivity contribution < 1.29 is 4.42 Å². The van der Waals surface area contributed by atoms with Crippen LogP contribution in [0.3, 0.4) is 0 Å². The number of rotatable bonds is 6. The fraction of sp³-hybridized carbons (Fsp3) is 0. The van der Waals surface area contributed by atoms with Crippen molar-refractivity contribution in [3.8, 4) is 62.1 Å². The number of hydrogen-bond donors (Lipinski definition) is 0. The van der Waals surface area contributed by atoms with Crippen LogP contribution in [0.15, 0.2) is 199 Å². The lowest BCUT2D eigenvalue weighted by Crippen LogP contribution is -2.00. The van der Waals surface area contributed by atoms with Gasteiger partial charge in [-0.15, -0.1) is 0 Å². The Kier molecular flexibility index (Phi) is 7.42. The SMILES string of the molecule is c1ccc(-c2cc(-n3c4ccccc4c4ccc(-c5ccccc5)cc43)c3c(c2)oc2cccc(-c4nc(-c5ccccc5)nc(-c5ccccc5)n4)c23)cc1. The molecule has 56 heavy (non-hydrogen) atoms. The average molecular weight is 717 g/mol. The number of aromatic nitrogens is 4. The molecule has 3 aromatic heterocycles. The smallest absolute Gasteiger partial charge is 0.164 e. The zero-order chi connectivity index (χ0) is 37.0. The maximum atomic E-state index is 6.88. The minimum Gasteiger partial charge on any atom is -0.456 e. The van der Waals surface area contributed by atoms with Gasteiger partial charge in [-0.2, -0.15) is 0 Å². The second kappa shape index (κ2) is 13.0. The summed E-state index contributed by atoms with van der Waals surface area (Å²) >= 11 is 0. The highest BCUT2D eigenvalue weighted by atomic mass is 16.3. The van der Waals surface area contributed by atoms with Crippen LogP contribution < -0.4 is 0 Å². The van der Waals surface area contributed by atoms with Crippen molar-refractivity contribution in [3.05, 3.63) is 194 Å². The Hall–Kier alpha value is -7.63. The number of nitrogens with zero attached hydrogens (tertiary/aromatic N) is 4. The van der Waals surface area contributed by atoms with Crippen molar-refractivity contribution >= 4 is 43.7 Å². The maximum absolute atomic E-state index is 6.88. The molecule has 0 amide bonds. The van der Waals surface area contributed by atoms with Gasteiger partial charge in [0.15, 0.2) is 17.5 Å². The molecule has 0 atom stereocenters. The third-order valence-electron chi connectivity index (χ3n) is 10.6. The molecule has 0 aliphatic carbocycles. The van der Waals surface area contributed by atoms with Crippen LogP contribution in [0.4, 0.5) is 0 Å². The van der Waals surface area contributed by atoms with Crippen LogP contribution in [0.2, 0.25) is 0 Å². The second-order valence-corrected chi connectivity index (χ2v) is 14.0. The summed E-state index contributed by atoms with van der Waals surface area (Å²) in [6, 6.07) is 67.4. The third-order valence-corrected chi connectivity index (χ3v) is 10.6. The summed E-state index contributed by atoms with van der Waals surface area (Å²) in [5, 5.41) is 4.31. The highest BCUT2D eigenvalue weighted by Crippen LogP contribution is 2.44. The predicted octanol–water partition coefficient (Wildman–Crippen LogP) is 13.2. The van der Waals surface area contributed by atoms with Gasteiger partial charge in [0.05, 0.1) is 22.1 Å². The molecule has 0 N–H and O–H groups in total. The van der Waals surface area contributed by atoms with Gasteiger partial charge in [-0.05, 0) is 52.6 Å². The first-order valence-electron chi connectivity index (χ1n) is 18.8. The fourth-order valence-corrected chi connectivity index (χ4v) is 8.05. The largest absolute Gasteiger partial charge is 0.456 e.